The molecule has 15 heteroatoms. The molecule has 15 nitrogen and oxygen atoms in total. The van der Waals surface area contributed by atoms with E-state index < -0.39 is 42.6 Å². The zero-order valence-corrected chi connectivity index (χ0v) is 18.4. The summed E-state index contributed by atoms with van der Waals surface area (Å²) < 4.78 is 0. The molecule has 0 aliphatic carbocycles. The van der Waals surface area contributed by atoms with Crippen LogP contribution in [0, 0.1) is 0 Å². The first-order valence-electron chi connectivity index (χ1n) is 10.3. The quantitative estimate of drug-likeness (QED) is 0.0321. The smallest absolute Gasteiger partial charge is 0.243 e. The first-order chi connectivity index (χ1) is 15.5. The Morgan fingerprint density at radius 1 is 0.848 bits per heavy atom. The first-order valence-corrected chi connectivity index (χ1v) is 10.3. The van der Waals surface area contributed by atoms with Crippen LogP contribution in [0.25, 0.3) is 0 Å². The SMILES string of the molecule is NC(N)=NCCCC(C=O)NC(=O)CNC(=O)C(CCCN=C(N)N)NC(=O)CCC(O)O. The lowest BCUT2D eigenvalue weighted by Crippen LogP contribution is -2.50. The van der Waals surface area contributed by atoms with E-state index in [9.17, 15) is 19.2 Å². The van der Waals surface area contributed by atoms with Crippen molar-refractivity contribution < 1.29 is 29.4 Å². The van der Waals surface area contributed by atoms with Crippen molar-refractivity contribution in [1.82, 2.24) is 16.0 Å². The molecule has 0 saturated carbocycles. The Morgan fingerprint density at radius 3 is 1.94 bits per heavy atom. The minimum absolute atomic E-state index is 0.0723. The number of hydrogen-bond donors (Lipinski definition) is 9. The van der Waals surface area contributed by atoms with Crippen LogP contribution >= 0.6 is 0 Å². The van der Waals surface area contributed by atoms with Crippen LogP contribution in [0.1, 0.15) is 38.5 Å². The fourth-order valence-electron chi connectivity index (χ4n) is 2.54. The molecule has 0 rings (SSSR count). The van der Waals surface area contributed by atoms with Gasteiger partial charge >= 0.3 is 0 Å². The van der Waals surface area contributed by atoms with Gasteiger partial charge in [-0.15, -0.1) is 0 Å². The van der Waals surface area contributed by atoms with E-state index in [1.807, 2.05) is 0 Å². The average Bonchev–Trinajstić information content (AvgIpc) is 2.74. The van der Waals surface area contributed by atoms with E-state index in [-0.39, 0.29) is 37.7 Å². The highest BCUT2D eigenvalue weighted by Crippen LogP contribution is 2.02. The highest BCUT2D eigenvalue weighted by molar-refractivity contribution is 5.91. The van der Waals surface area contributed by atoms with Crippen molar-refractivity contribution in [3.63, 3.8) is 0 Å². The van der Waals surface area contributed by atoms with Gasteiger partial charge in [0.25, 0.3) is 0 Å². The molecule has 2 unspecified atom stereocenters. The number of aliphatic hydroxyl groups excluding tert-OH is 1. The topological polar surface area (TPSA) is 274 Å². The third kappa shape index (κ3) is 16.9. The van der Waals surface area contributed by atoms with E-state index >= 15 is 0 Å². The maximum atomic E-state index is 12.5. The van der Waals surface area contributed by atoms with Gasteiger partial charge in [0.2, 0.25) is 17.7 Å². The van der Waals surface area contributed by atoms with E-state index in [0.29, 0.717) is 32.1 Å². The number of nitrogens with one attached hydrogen (secondary N) is 3. The van der Waals surface area contributed by atoms with Gasteiger partial charge in [-0.25, -0.2) is 0 Å². The van der Waals surface area contributed by atoms with Crippen LogP contribution in [-0.4, -0.2) is 84.1 Å². The Kier molecular flexibility index (Phi) is 15.3. The van der Waals surface area contributed by atoms with Gasteiger partial charge in [-0.05, 0) is 25.7 Å². The molecule has 3 amide bonds. The molecule has 0 heterocycles. The van der Waals surface area contributed by atoms with Gasteiger partial charge in [-0.2, -0.15) is 0 Å². The molecule has 0 aliphatic rings. The van der Waals surface area contributed by atoms with Gasteiger partial charge in [0.05, 0.1) is 12.6 Å². The summed E-state index contributed by atoms with van der Waals surface area (Å²) in [7, 11) is 0. The molecule has 0 aromatic rings. The predicted octanol–water partition coefficient (Wildman–Crippen LogP) is -4.53. The number of rotatable bonds is 17. The van der Waals surface area contributed by atoms with Gasteiger partial charge in [0.15, 0.2) is 18.2 Å². The second-order valence-corrected chi connectivity index (χ2v) is 7.06. The molecular formula is C18H35N9O6. The maximum absolute atomic E-state index is 12.5. The number of aliphatic imine (C=N–C) groups is 2. The Hall–Kier alpha value is -3.46. The summed E-state index contributed by atoms with van der Waals surface area (Å²) in [6.07, 6.45) is -0.214. The fourth-order valence-corrected chi connectivity index (χ4v) is 2.54. The van der Waals surface area contributed by atoms with E-state index in [2.05, 4.69) is 25.9 Å². The van der Waals surface area contributed by atoms with Gasteiger partial charge in [0.1, 0.15) is 12.3 Å². The van der Waals surface area contributed by atoms with E-state index in [4.69, 9.17) is 33.1 Å². The summed E-state index contributed by atoms with van der Waals surface area (Å²) in [4.78, 5) is 55.2. The highest BCUT2D eigenvalue weighted by Gasteiger charge is 2.21. The average molecular weight is 474 g/mol. The number of hydrogen-bond acceptors (Lipinski definition) is 8. The molecule has 13 N–H and O–H groups in total. The summed E-state index contributed by atoms with van der Waals surface area (Å²) in [5.41, 5.74) is 20.9. The van der Waals surface area contributed by atoms with Gasteiger partial charge in [-0.3, -0.25) is 24.4 Å². The lowest BCUT2D eigenvalue weighted by molar-refractivity contribution is -0.131. The van der Waals surface area contributed by atoms with Crippen molar-refractivity contribution in [2.24, 2.45) is 32.9 Å². The maximum Gasteiger partial charge on any atom is 0.243 e. The van der Waals surface area contributed by atoms with Gasteiger partial charge in [-0.1, -0.05) is 0 Å². The van der Waals surface area contributed by atoms with Crippen molar-refractivity contribution in [3.8, 4) is 0 Å². The summed E-state index contributed by atoms with van der Waals surface area (Å²) >= 11 is 0. The number of nitrogens with zero attached hydrogens (tertiary/aromatic N) is 2. The largest absolute Gasteiger partial charge is 0.370 e. The van der Waals surface area contributed by atoms with Gasteiger partial charge in [0, 0.05) is 25.9 Å². The van der Waals surface area contributed by atoms with Crippen LogP contribution < -0.4 is 38.9 Å². The van der Waals surface area contributed by atoms with E-state index in [1.54, 1.807) is 0 Å². The van der Waals surface area contributed by atoms with E-state index in [1.165, 1.54) is 0 Å². The number of guanidine groups is 2. The number of nitrogens with two attached hydrogens (primary N) is 4. The minimum atomic E-state index is -1.65. The van der Waals surface area contributed by atoms with Crippen LogP contribution in [0.4, 0.5) is 0 Å². The Balaban J connectivity index is 4.71. The third-order valence-corrected chi connectivity index (χ3v) is 4.13. The zero-order chi connectivity index (χ0) is 25.2. The molecule has 0 spiro atoms. The molecule has 2 atom stereocenters. The van der Waals surface area contributed by atoms with Crippen LogP contribution in [0.5, 0.6) is 0 Å². The van der Waals surface area contributed by atoms with Crippen LogP contribution in [0.3, 0.4) is 0 Å². The molecule has 0 radical (unpaired) electrons. The molecule has 188 valence electrons. The highest BCUT2D eigenvalue weighted by atomic mass is 16.5. The third-order valence-electron chi connectivity index (χ3n) is 4.13. The van der Waals surface area contributed by atoms with Gasteiger partial charge < -0.3 is 53.9 Å². The number of carbonyl (C=O) groups is 4. The summed E-state index contributed by atoms with van der Waals surface area (Å²) in [5, 5.41) is 25.1. The molecular weight excluding hydrogens is 438 g/mol. The van der Waals surface area contributed by atoms with Crippen LogP contribution in [-0.2, 0) is 19.2 Å². The van der Waals surface area contributed by atoms with Crippen LogP contribution in [0.15, 0.2) is 9.98 Å². The summed E-state index contributed by atoms with van der Waals surface area (Å²) in [5.74, 6) is -2.00. The predicted molar refractivity (Wildman–Crippen MR) is 120 cm³/mol. The standard InChI is InChI=1S/C18H35N9O6/c19-17(20)23-7-1-3-11(10-28)26-14(30)9-25-16(33)12(4-2-8-24-18(21)22)27-13(29)5-6-15(31)32/h10-12,15,31-32H,1-9H2,(H,25,33)(H,26,30)(H,27,29)(H4,19,20,23)(H4,21,22,24). The van der Waals surface area contributed by atoms with Crippen LogP contribution in [0.2, 0.25) is 0 Å². The van der Waals surface area contributed by atoms with Crippen molar-refractivity contribution in [2.75, 3.05) is 19.6 Å². The second-order valence-electron chi connectivity index (χ2n) is 7.06. The number of aldehydes is 1. The monoisotopic (exact) mass is 473 g/mol. The second kappa shape index (κ2) is 17.1. The lowest BCUT2D eigenvalue weighted by Gasteiger charge is -2.19. The number of carbonyl (C=O) groups excluding carboxylic acids is 4. The minimum Gasteiger partial charge on any atom is -0.370 e. The van der Waals surface area contributed by atoms with Crippen molar-refractivity contribution in [1.29, 1.82) is 0 Å². The molecule has 0 aliphatic heterocycles. The zero-order valence-electron chi connectivity index (χ0n) is 18.4. The van der Waals surface area contributed by atoms with Crippen molar-refractivity contribution in [2.45, 2.75) is 56.9 Å². The normalized spacial score (nSPS) is 12.2. The lowest BCUT2D eigenvalue weighted by atomic mass is 10.1. The molecule has 0 fully saturated rings. The number of amides is 3. The molecule has 0 saturated heterocycles. The Morgan fingerprint density at radius 2 is 1.42 bits per heavy atom. The van der Waals surface area contributed by atoms with Crippen molar-refractivity contribution in [3.05, 3.63) is 0 Å². The summed E-state index contributed by atoms with van der Waals surface area (Å²) in [6, 6.07) is -1.78. The fraction of sp³-hybridized carbons (Fsp3) is 0.667. The van der Waals surface area contributed by atoms with Crippen molar-refractivity contribution >= 4 is 35.9 Å². The van der Waals surface area contributed by atoms with E-state index in [0.717, 1.165) is 0 Å². The Labute approximate surface area is 191 Å². The number of aliphatic hydroxyl groups is 2. The molecule has 0 aromatic heterocycles. The molecule has 0 aromatic carbocycles. The molecule has 33 heavy (non-hydrogen) atoms. The molecule has 0 bridgehead atoms. The first kappa shape index (κ1) is 29.5. The Bertz CT molecular complexity index is 691. The summed E-state index contributed by atoms with van der Waals surface area (Å²) in [6.45, 7) is 0.0964.